The van der Waals surface area contributed by atoms with Crippen molar-refractivity contribution >= 4 is 22.5 Å². The maximum atomic E-state index is 13.1. The number of ether oxygens (including phenoxy) is 1. The van der Waals surface area contributed by atoms with E-state index in [2.05, 4.69) is 30.4 Å². The molecule has 9 heteroatoms. The molecule has 5 aromatic rings. The van der Waals surface area contributed by atoms with E-state index >= 15 is 0 Å². The second kappa shape index (κ2) is 10.3. The Morgan fingerprint density at radius 1 is 0.947 bits per heavy atom. The number of carbonyl (C=O) groups is 1. The minimum absolute atomic E-state index is 0.170. The van der Waals surface area contributed by atoms with Gasteiger partial charge in [0, 0.05) is 23.7 Å². The molecule has 3 aromatic heterocycles. The number of aromatic hydroxyl groups is 1. The first-order valence-electron chi connectivity index (χ1n) is 12.5. The van der Waals surface area contributed by atoms with Crippen LogP contribution < -0.4 is 10.1 Å². The SMILES string of the molecule is O=C(Nc1ccc(CN2CCCC2)nc1)c1n[nH]c2ccc(-c3cncc(Oc4ccc(O)cc4)c3)cc12. The number of hydrogen-bond donors (Lipinski definition) is 3. The molecule has 1 fully saturated rings. The van der Waals surface area contributed by atoms with Gasteiger partial charge in [0.05, 0.1) is 29.3 Å². The van der Waals surface area contributed by atoms with E-state index in [-0.39, 0.29) is 11.7 Å². The lowest BCUT2D eigenvalue weighted by atomic mass is 10.0. The van der Waals surface area contributed by atoms with Crippen molar-refractivity contribution in [2.45, 2.75) is 19.4 Å². The van der Waals surface area contributed by atoms with Gasteiger partial charge >= 0.3 is 0 Å². The zero-order chi connectivity index (χ0) is 25.9. The van der Waals surface area contributed by atoms with Crippen molar-refractivity contribution in [3.05, 3.63) is 90.6 Å². The predicted molar refractivity (Wildman–Crippen MR) is 144 cm³/mol. The number of phenols is 1. The van der Waals surface area contributed by atoms with E-state index in [1.807, 2.05) is 36.4 Å². The third kappa shape index (κ3) is 5.18. The smallest absolute Gasteiger partial charge is 0.276 e. The molecule has 0 unspecified atom stereocenters. The number of aromatic nitrogens is 4. The van der Waals surface area contributed by atoms with Crippen LogP contribution in [0.5, 0.6) is 17.2 Å². The third-order valence-corrected chi connectivity index (χ3v) is 6.56. The molecule has 38 heavy (non-hydrogen) atoms. The van der Waals surface area contributed by atoms with Crippen LogP contribution in [0.25, 0.3) is 22.0 Å². The highest BCUT2D eigenvalue weighted by Crippen LogP contribution is 2.30. The van der Waals surface area contributed by atoms with E-state index in [0.717, 1.165) is 42.0 Å². The van der Waals surface area contributed by atoms with Crippen molar-refractivity contribution < 1.29 is 14.6 Å². The number of benzene rings is 2. The summed E-state index contributed by atoms with van der Waals surface area (Å²) in [4.78, 5) is 24.3. The van der Waals surface area contributed by atoms with Gasteiger partial charge in [-0.3, -0.25) is 24.8 Å². The Bertz CT molecular complexity index is 1570. The summed E-state index contributed by atoms with van der Waals surface area (Å²) in [5.41, 5.74) is 4.36. The number of anilines is 1. The number of nitrogens with one attached hydrogen (secondary N) is 2. The Morgan fingerprint density at radius 2 is 1.79 bits per heavy atom. The van der Waals surface area contributed by atoms with Crippen molar-refractivity contribution in [1.82, 2.24) is 25.1 Å². The van der Waals surface area contributed by atoms with Crippen molar-refractivity contribution in [3.8, 4) is 28.4 Å². The summed E-state index contributed by atoms with van der Waals surface area (Å²) in [7, 11) is 0. The number of phenolic OH excluding ortho intramolecular Hbond substituents is 1. The first-order valence-corrected chi connectivity index (χ1v) is 12.5. The molecule has 190 valence electrons. The minimum atomic E-state index is -0.315. The monoisotopic (exact) mass is 506 g/mol. The van der Waals surface area contributed by atoms with Gasteiger partial charge in [0.1, 0.15) is 17.2 Å². The lowest BCUT2D eigenvalue weighted by Gasteiger charge is -2.13. The van der Waals surface area contributed by atoms with Crippen molar-refractivity contribution in [3.63, 3.8) is 0 Å². The fourth-order valence-electron chi connectivity index (χ4n) is 4.60. The van der Waals surface area contributed by atoms with Crippen LogP contribution in [0.1, 0.15) is 29.0 Å². The van der Waals surface area contributed by atoms with Crippen LogP contribution >= 0.6 is 0 Å². The molecule has 2 aromatic carbocycles. The number of hydrogen-bond acceptors (Lipinski definition) is 7. The summed E-state index contributed by atoms with van der Waals surface area (Å²) in [6.45, 7) is 3.05. The number of carbonyl (C=O) groups excluding carboxylic acids is 1. The molecular formula is C29H26N6O3. The Kier molecular flexibility index (Phi) is 6.41. The average molecular weight is 507 g/mol. The standard InChI is InChI=1S/C29H26N6O3/c36-23-6-8-24(9-7-23)38-25-13-20(15-30-17-25)19-3-10-27-26(14-19)28(34-33-27)29(37)32-21-4-5-22(31-16-21)18-35-11-1-2-12-35/h3-10,13-17,36H,1-2,11-12,18H2,(H,32,37)(H,33,34). The first-order chi connectivity index (χ1) is 18.6. The van der Waals surface area contributed by atoms with E-state index in [1.54, 1.807) is 42.9 Å². The molecule has 0 radical (unpaired) electrons. The minimum Gasteiger partial charge on any atom is -0.508 e. The van der Waals surface area contributed by atoms with Gasteiger partial charge in [-0.25, -0.2) is 0 Å². The van der Waals surface area contributed by atoms with Gasteiger partial charge in [-0.05, 0) is 86.1 Å². The second-order valence-electron chi connectivity index (χ2n) is 9.31. The molecule has 1 amide bonds. The summed E-state index contributed by atoms with van der Waals surface area (Å²) in [5.74, 6) is 0.997. The number of pyridine rings is 2. The van der Waals surface area contributed by atoms with Crippen LogP contribution in [0.15, 0.2) is 79.3 Å². The Hall–Kier alpha value is -4.76. The van der Waals surface area contributed by atoms with E-state index in [0.29, 0.717) is 28.3 Å². The van der Waals surface area contributed by atoms with Crippen molar-refractivity contribution in [1.29, 1.82) is 0 Å². The van der Waals surface area contributed by atoms with Gasteiger partial charge < -0.3 is 15.2 Å². The maximum absolute atomic E-state index is 13.1. The highest BCUT2D eigenvalue weighted by atomic mass is 16.5. The molecule has 1 saturated heterocycles. The number of nitrogens with zero attached hydrogens (tertiary/aromatic N) is 4. The molecule has 0 bridgehead atoms. The van der Waals surface area contributed by atoms with Crippen LogP contribution in [-0.4, -0.2) is 49.2 Å². The van der Waals surface area contributed by atoms with Crippen LogP contribution in [0, 0.1) is 0 Å². The Labute approximate surface area is 219 Å². The van der Waals surface area contributed by atoms with Crippen LogP contribution in [-0.2, 0) is 6.54 Å². The highest BCUT2D eigenvalue weighted by Gasteiger charge is 2.17. The number of rotatable bonds is 7. The molecule has 1 aliphatic heterocycles. The average Bonchev–Trinajstić information content (AvgIpc) is 3.61. The molecule has 3 N–H and O–H groups in total. The lowest BCUT2D eigenvalue weighted by Crippen LogP contribution is -2.19. The number of fused-ring (bicyclic) bond motifs is 1. The van der Waals surface area contributed by atoms with Gasteiger partial charge in [0.15, 0.2) is 5.69 Å². The third-order valence-electron chi connectivity index (χ3n) is 6.56. The molecule has 1 aliphatic rings. The lowest BCUT2D eigenvalue weighted by molar-refractivity contribution is 0.102. The van der Waals surface area contributed by atoms with E-state index < -0.39 is 0 Å². The molecule has 0 aliphatic carbocycles. The summed E-state index contributed by atoms with van der Waals surface area (Å²) in [6.07, 6.45) is 7.52. The summed E-state index contributed by atoms with van der Waals surface area (Å²) in [5, 5.41) is 20.3. The highest BCUT2D eigenvalue weighted by molar-refractivity contribution is 6.11. The Morgan fingerprint density at radius 3 is 2.58 bits per heavy atom. The molecule has 0 saturated carbocycles. The van der Waals surface area contributed by atoms with Gasteiger partial charge in [-0.1, -0.05) is 6.07 Å². The first kappa shape index (κ1) is 23.6. The van der Waals surface area contributed by atoms with Gasteiger partial charge in [0.2, 0.25) is 0 Å². The second-order valence-corrected chi connectivity index (χ2v) is 9.31. The topological polar surface area (TPSA) is 116 Å². The summed E-state index contributed by atoms with van der Waals surface area (Å²) >= 11 is 0. The molecule has 0 atom stereocenters. The number of likely N-dealkylation sites (tertiary alicyclic amines) is 1. The van der Waals surface area contributed by atoms with Crippen molar-refractivity contribution in [2.24, 2.45) is 0 Å². The van der Waals surface area contributed by atoms with Gasteiger partial charge in [-0.15, -0.1) is 0 Å². The van der Waals surface area contributed by atoms with Crippen LogP contribution in [0.4, 0.5) is 5.69 Å². The Balaban J connectivity index is 1.19. The largest absolute Gasteiger partial charge is 0.508 e. The van der Waals surface area contributed by atoms with Gasteiger partial charge in [0.25, 0.3) is 5.91 Å². The van der Waals surface area contributed by atoms with E-state index in [1.165, 1.54) is 12.8 Å². The quantitative estimate of drug-likeness (QED) is 0.272. The molecule has 9 nitrogen and oxygen atoms in total. The fraction of sp³-hybridized carbons (Fsp3) is 0.172. The predicted octanol–water partition coefficient (Wildman–Crippen LogP) is 5.37. The number of aromatic amines is 1. The number of amides is 1. The van der Waals surface area contributed by atoms with E-state index in [4.69, 9.17) is 4.74 Å². The van der Waals surface area contributed by atoms with Crippen molar-refractivity contribution in [2.75, 3.05) is 18.4 Å². The van der Waals surface area contributed by atoms with Gasteiger partial charge in [-0.2, -0.15) is 5.10 Å². The number of H-pyrrole nitrogens is 1. The molecule has 0 spiro atoms. The fourth-order valence-corrected chi connectivity index (χ4v) is 4.60. The summed E-state index contributed by atoms with van der Waals surface area (Å²) < 4.78 is 5.88. The maximum Gasteiger partial charge on any atom is 0.276 e. The van der Waals surface area contributed by atoms with Crippen LogP contribution in [0.3, 0.4) is 0 Å². The van der Waals surface area contributed by atoms with E-state index in [9.17, 15) is 9.90 Å². The summed E-state index contributed by atoms with van der Waals surface area (Å²) in [6, 6.07) is 17.9. The molecule has 4 heterocycles. The molecule has 6 rings (SSSR count). The zero-order valence-corrected chi connectivity index (χ0v) is 20.6. The zero-order valence-electron chi connectivity index (χ0n) is 20.6. The van der Waals surface area contributed by atoms with Crippen LogP contribution in [0.2, 0.25) is 0 Å². The molecular weight excluding hydrogens is 480 g/mol. The normalized spacial score (nSPS) is 13.6.